The molecule has 2 fully saturated rings. The Kier molecular flexibility index (Phi) is 11.1. The van der Waals surface area contributed by atoms with Crippen molar-refractivity contribution in [3.05, 3.63) is 35.0 Å². The van der Waals surface area contributed by atoms with Crippen molar-refractivity contribution in [1.29, 1.82) is 0 Å². The number of terminal acetylenes is 1. The highest BCUT2D eigenvalue weighted by Crippen LogP contribution is 2.37. The van der Waals surface area contributed by atoms with Crippen molar-refractivity contribution in [3.8, 4) is 12.3 Å². The van der Waals surface area contributed by atoms with E-state index in [1.165, 1.54) is 0 Å². The zero-order valence-electron chi connectivity index (χ0n) is 20.9. The largest absolute Gasteiger partial charge is 0.442 e. The Hall–Kier alpha value is -1.60. The lowest BCUT2D eigenvalue weighted by molar-refractivity contribution is -0.131. The molecule has 2 saturated heterocycles. The quantitative estimate of drug-likeness (QED) is 0.419. The Bertz CT molecular complexity index is 877. The van der Waals surface area contributed by atoms with Crippen LogP contribution in [0.5, 0.6) is 0 Å². The molecule has 0 unspecified atom stereocenters. The molecule has 0 saturated carbocycles. The lowest BCUT2D eigenvalue weighted by atomic mass is 10.1. The Morgan fingerprint density at radius 3 is 2.61 bits per heavy atom. The predicted octanol–water partition coefficient (Wildman–Crippen LogP) is 4.53. The number of hydrogen-bond donors (Lipinski definition) is 0. The van der Waals surface area contributed by atoms with Crippen LogP contribution in [0.25, 0.3) is 0 Å². The number of thioether (sulfide) groups is 1. The fourth-order valence-electron chi connectivity index (χ4n) is 4.91. The first-order valence-corrected chi connectivity index (χ1v) is 13.8. The minimum Gasteiger partial charge on any atom is -0.370 e. The van der Waals surface area contributed by atoms with Crippen LogP contribution in [0.2, 0.25) is 0 Å². The van der Waals surface area contributed by atoms with E-state index >= 15 is 0 Å². The van der Waals surface area contributed by atoms with Gasteiger partial charge in [-0.2, -0.15) is 13.2 Å². The number of allylic oxidation sites excluding steroid dienone is 3. The average molecular weight is 545 g/mol. The topological polar surface area (TPSA) is 30.0 Å². The normalized spacial score (nSPS) is 23.7. The molecule has 2 aliphatic heterocycles. The van der Waals surface area contributed by atoms with Crippen molar-refractivity contribution >= 4 is 29.3 Å². The summed E-state index contributed by atoms with van der Waals surface area (Å²) in [5.74, 6) is 2.64. The SMILES string of the molecule is C#C/C=C(/Cl)C[C@H](C)N1CCN(CCC(=O)N2CCCN(C3=CC[C@H](SC(F)(F)F)C=C3)CC2)CC1. The molecule has 0 aromatic rings. The molecule has 3 rings (SSSR count). The Morgan fingerprint density at radius 1 is 1.22 bits per heavy atom. The second kappa shape index (κ2) is 13.8. The molecule has 2 heterocycles. The number of halogens is 4. The van der Waals surface area contributed by atoms with Crippen LogP contribution in [0, 0.1) is 12.3 Å². The van der Waals surface area contributed by atoms with Gasteiger partial charge in [-0.25, -0.2) is 0 Å². The van der Waals surface area contributed by atoms with E-state index in [0.717, 1.165) is 64.4 Å². The van der Waals surface area contributed by atoms with Gasteiger partial charge in [-0.1, -0.05) is 29.7 Å². The first-order valence-electron chi connectivity index (χ1n) is 12.6. The van der Waals surface area contributed by atoms with E-state index in [1.54, 1.807) is 18.2 Å². The standard InChI is InChI=1S/C26H36ClF3N4OS/c1-3-5-22(27)20-21(2)32-16-14-31(15-17-32)13-10-25(35)34-12-4-11-33(18-19-34)23-6-8-24(9-7-23)36-26(28,29)30/h1,5-8,21,24H,4,9-20H2,2H3/b22-5+/t21-,24+/m0/s1. The molecule has 3 aliphatic rings. The predicted molar refractivity (Wildman–Crippen MR) is 142 cm³/mol. The number of piperazine rings is 1. The zero-order chi connectivity index (χ0) is 26.1. The summed E-state index contributed by atoms with van der Waals surface area (Å²) in [7, 11) is 0. The third-order valence-corrected chi connectivity index (χ3v) is 8.13. The monoisotopic (exact) mass is 544 g/mol. The van der Waals surface area contributed by atoms with E-state index in [0.29, 0.717) is 37.0 Å². The molecule has 36 heavy (non-hydrogen) atoms. The second-order valence-electron chi connectivity index (χ2n) is 9.49. The van der Waals surface area contributed by atoms with Crippen molar-refractivity contribution < 1.29 is 18.0 Å². The summed E-state index contributed by atoms with van der Waals surface area (Å²) in [5.41, 5.74) is -3.25. The Morgan fingerprint density at radius 2 is 1.97 bits per heavy atom. The van der Waals surface area contributed by atoms with Crippen molar-refractivity contribution in [2.45, 2.75) is 49.4 Å². The maximum Gasteiger partial charge on any atom is 0.442 e. The van der Waals surface area contributed by atoms with Gasteiger partial charge in [0.1, 0.15) is 0 Å². The molecule has 1 aliphatic carbocycles. The third-order valence-electron chi connectivity index (χ3n) is 6.94. The third kappa shape index (κ3) is 9.37. The van der Waals surface area contributed by atoms with Gasteiger partial charge in [0.25, 0.3) is 0 Å². The summed E-state index contributed by atoms with van der Waals surface area (Å²) < 4.78 is 37.8. The summed E-state index contributed by atoms with van der Waals surface area (Å²) in [6, 6.07) is 0.328. The number of carbonyl (C=O) groups excluding carboxylic acids is 1. The van der Waals surface area contributed by atoms with Gasteiger partial charge < -0.3 is 14.7 Å². The second-order valence-corrected chi connectivity index (χ2v) is 11.3. The van der Waals surface area contributed by atoms with Crippen molar-refractivity contribution in [3.63, 3.8) is 0 Å². The zero-order valence-corrected chi connectivity index (χ0v) is 22.4. The van der Waals surface area contributed by atoms with Gasteiger partial charge in [-0.15, -0.1) is 6.42 Å². The number of alkyl halides is 3. The summed E-state index contributed by atoms with van der Waals surface area (Å²) in [5, 5.41) is 0.140. The number of hydrogen-bond acceptors (Lipinski definition) is 5. The highest BCUT2D eigenvalue weighted by atomic mass is 35.5. The summed E-state index contributed by atoms with van der Waals surface area (Å²) in [6.45, 7) is 9.52. The number of nitrogens with zero attached hydrogens (tertiary/aromatic N) is 4. The molecule has 0 N–H and O–H groups in total. The van der Waals surface area contributed by atoms with Crippen LogP contribution in [0.15, 0.2) is 35.0 Å². The van der Waals surface area contributed by atoms with Gasteiger partial charge in [-0.3, -0.25) is 9.69 Å². The highest BCUT2D eigenvalue weighted by Gasteiger charge is 2.32. The maximum atomic E-state index is 12.9. The first kappa shape index (κ1) is 29.0. The van der Waals surface area contributed by atoms with Crippen LogP contribution in [0.1, 0.15) is 32.6 Å². The summed E-state index contributed by atoms with van der Waals surface area (Å²) in [4.78, 5) is 21.8. The molecule has 200 valence electrons. The van der Waals surface area contributed by atoms with Gasteiger partial charge in [0, 0.05) is 93.4 Å². The Balaban J connectivity index is 1.37. The van der Waals surface area contributed by atoms with Crippen LogP contribution < -0.4 is 0 Å². The fraction of sp³-hybridized carbons (Fsp3) is 0.654. The van der Waals surface area contributed by atoms with E-state index in [1.807, 2.05) is 11.0 Å². The van der Waals surface area contributed by atoms with Crippen LogP contribution in [-0.2, 0) is 4.79 Å². The average Bonchev–Trinajstić information content (AvgIpc) is 3.09. The smallest absolute Gasteiger partial charge is 0.370 e. The van der Waals surface area contributed by atoms with Gasteiger partial charge in [0.2, 0.25) is 5.91 Å². The lowest BCUT2D eigenvalue weighted by Gasteiger charge is -2.38. The fourth-order valence-corrected chi connectivity index (χ4v) is 5.89. The number of rotatable bonds is 8. The molecule has 0 aromatic carbocycles. The van der Waals surface area contributed by atoms with Gasteiger partial charge in [0.15, 0.2) is 0 Å². The van der Waals surface area contributed by atoms with Crippen molar-refractivity contribution in [1.82, 2.24) is 19.6 Å². The lowest BCUT2D eigenvalue weighted by Crippen LogP contribution is -2.50. The first-order chi connectivity index (χ1) is 17.1. The van der Waals surface area contributed by atoms with E-state index in [2.05, 4.69) is 27.5 Å². The minimum absolute atomic E-state index is 0.0338. The van der Waals surface area contributed by atoms with E-state index in [9.17, 15) is 18.0 Å². The van der Waals surface area contributed by atoms with E-state index < -0.39 is 10.8 Å². The molecule has 5 nitrogen and oxygen atoms in total. The van der Waals surface area contributed by atoms with Gasteiger partial charge >= 0.3 is 5.51 Å². The molecular formula is C26H36ClF3N4OS. The molecule has 0 radical (unpaired) electrons. The van der Waals surface area contributed by atoms with E-state index in [4.69, 9.17) is 18.0 Å². The molecule has 0 aromatic heterocycles. The number of amides is 1. The van der Waals surface area contributed by atoms with Crippen LogP contribution in [0.4, 0.5) is 13.2 Å². The molecule has 10 heteroatoms. The highest BCUT2D eigenvalue weighted by molar-refractivity contribution is 8.00. The van der Waals surface area contributed by atoms with Gasteiger partial charge in [0.05, 0.1) is 0 Å². The van der Waals surface area contributed by atoms with Crippen molar-refractivity contribution in [2.24, 2.45) is 0 Å². The van der Waals surface area contributed by atoms with Crippen LogP contribution in [-0.4, -0.2) is 101 Å². The van der Waals surface area contributed by atoms with E-state index in [-0.39, 0.29) is 17.7 Å². The summed E-state index contributed by atoms with van der Waals surface area (Å²) in [6.07, 6.45) is 14.7. The maximum absolute atomic E-state index is 12.9. The van der Waals surface area contributed by atoms with Crippen molar-refractivity contribution in [2.75, 3.05) is 58.9 Å². The molecular weight excluding hydrogens is 509 g/mol. The molecule has 1 amide bonds. The van der Waals surface area contributed by atoms with Gasteiger partial charge in [-0.05, 0) is 44.0 Å². The molecule has 2 atom stereocenters. The molecule has 0 spiro atoms. The van der Waals surface area contributed by atoms with Crippen LogP contribution in [0.3, 0.4) is 0 Å². The summed E-state index contributed by atoms with van der Waals surface area (Å²) >= 11 is 6.20. The minimum atomic E-state index is -4.22. The van der Waals surface area contributed by atoms with Crippen LogP contribution >= 0.6 is 23.4 Å². The molecule has 0 bridgehead atoms. The Labute approximate surface area is 222 Å². The number of carbonyl (C=O) groups is 1.